The number of amides is 3. The molecular formula is C22H21N7O2. The summed E-state index contributed by atoms with van der Waals surface area (Å²) in [5, 5.41) is 17.4. The predicted molar refractivity (Wildman–Crippen MR) is 118 cm³/mol. The van der Waals surface area contributed by atoms with Crippen LogP contribution < -0.4 is 16.0 Å². The topological polar surface area (TPSA) is 114 Å². The third-order valence-electron chi connectivity index (χ3n) is 4.66. The molecule has 3 N–H and O–H groups in total. The van der Waals surface area contributed by atoms with Crippen LogP contribution in [0.5, 0.6) is 0 Å². The molecule has 0 bridgehead atoms. The Morgan fingerprint density at radius 3 is 2.55 bits per heavy atom. The van der Waals surface area contributed by atoms with Crippen LogP contribution in [-0.2, 0) is 0 Å². The molecule has 31 heavy (non-hydrogen) atoms. The van der Waals surface area contributed by atoms with Crippen LogP contribution in [0.3, 0.4) is 0 Å². The van der Waals surface area contributed by atoms with E-state index in [1.807, 2.05) is 37.3 Å². The number of rotatable bonds is 5. The van der Waals surface area contributed by atoms with Crippen molar-refractivity contribution in [3.63, 3.8) is 0 Å². The number of pyridine rings is 1. The molecule has 0 atom stereocenters. The van der Waals surface area contributed by atoms with Crippen molar-refractivity contribution in [2.75, 3.05) is 17.2 Å². The van der Waals surface area contributed by atoms with Crippen LogP contribution >= 0.6 is 0 Å². The molecule has 2 aromatic heterocycles. The Bertz CT molecular complexity index is 1260. The van der Waals surface area contributed by atoms with Crippen LogP contribution in [-0.4, -0.2) is 38.5 Å². The molecule has 0 saturated heterocycles. The summed E-state index contributed by atoms with van der Waals surface area (Å²) in [6, 6.07) is 16.2. The average Bonchev–Trinajstić information content (AvgIpc) is 3.15. The van der Waals surface area contributed by atoms with Gasteiger partial charge in [0.05, 0.1) is 16.9 Å². The highest BCUT2D eigenvalue weighted by atomic mass is 16.2. The van der Waals surface area contributed by atoms with Gasteiger partial charge < -0.3 is 16.0 Å². The van der Waals surface area contributed by atoms with E-state index in [-0.39, 0.29) is 11.7 Å². The summed E-state index contributed by atoms with van der Waals surface area (Å²) < 4.78 is 1.61. The van der Waals surface area contributed by atoms with E-state index in [0.29, 0.717) is 23.6 Å². The Morgan fingerprint density at radius 2 is 1.74 bits per heavy atom. The number of fused-ring (bicyclic) bond motifs is 1. The van der Waals surface area contributed by atoms with Gasteiger partial charge in [0.2, 0.25) is 0 Å². The Balaban J connectivity index is 1.57. The number of nitrogens with zero attached hydrogens (tertiary/aromatic N) is 4. The Hall–Kier alpha value is -4.27. The second kappa shape index (κ2) is 8.62. The molecule has 4 aromatic rings. The molecule has 3 amide bonds. The smallest absolute Gasteiger partial charge is 0.319 e. The summed E-state index contributed by atoms with van der Waals surface area (Å²) in [5.41, 5.74) is 3.40. The van der Waals surface area contributed by atoms with Crippen molar-refractivity contribution in [1.29, 1.82) is 0 Å². The van der Waals surface area contributed by atoms with E-state index in [9.17, 15) is 9.59 Å². The number of hydrogen-bond acceptors (Lipinski definition) is 5. The van der Waals surface area contributed by atoms with Crippen LogP contribution in [0.4, 0.5) is 16.2 Å². The number of carbonyl (C=O) groups excluding carboxylic acids is 2. The number of anilines is 2. The Labute approximate surface area is 178 Å². The molecule has 9 heteroatoms. The maximum Gasteiger partial charge on any atom is 0.319 e. The van der Waals surface area contributed by atoms with Crippen molar-refractivity contribution in [2.24, 2.45) is 0 Å². The zero-order valence-electron chi connectivity index (χ0n) is 17.1. The summed E-state index contributed by atoms with van der Waals surface area (Å²) in [6.45, 7) is 4.13. The fraction of sp³-hybridized carbons (Fsp3) is 0.136. The number of nitrogens with one attached hydrogen (secondary N) is 3. The first kappa shape index (κ1) is 20.0. The molecule has 0 saturated carbocycles. The molecule has 0 aliphatic carbocycles. The van der Waals surface area contributed by atoms with Gasteiger partial charge in [0.25, 0.3) is 5.91 Å². The molecule has 0 unspecified atom stereocenters. The van der Waals surface area contributed by atoms with E-state index in [1.54, 1.807) is 42.1 Å². The van der Waals surface area contributed by atoms with Crippen molar-refractivity contribution in [3.8, 4) is 5.69 Å². The molecule has 2 heterocycles. The van der Waals surface area contributed by atoms with Crippen molar-refractivity contribution in [3.05, 3.63) is 72.2 Å². The molecule has 2 aromatic carbocycles. The van der Waals surface area contributed by atoms with E-state index < -0.39 is 5.91 Å². The first-order valence-electron chi connectivity index (χ1n) is 9.79. The van der Waals surface area contributed by atoms with Crippen LogP contribution in [0.15, 0.2) is 60.8 Å². The SMILES string of the molecule is CCNC(=O)Nc1cccc(NC(=O)c2nnn(-c3cccc4cccnc34)c2C)c1. The minimum Gasteiger partial charge on any atom is -0.338 e. The standard InChI is InChI=1S/C22H21N7O2/c1-3-23-22(31)26-17-10-5-9-16(13-17)25-21(30)19-14(2)29(28-27-19)18-11-4-7-15-8-6-12-24-20(15)18/h4-13H,3H2,1-2H3,(H,25,30)(H2,23,26,31). The van der Waals surface area contributed by atoms with Gasteiger partial charge >= 0.3 is 6.03 Å². The normalized spacial score (nSPS) is 10.6. The first-order valence-corrected chi connectivity index (χ1v) is 9.79. The largest absolute Gasteiger partial charge is 0.338 e. The van der Waals surface area contributed by atoms with Gasteiger partial charge in [-0.05, 0) is 44.2 Å². The van der Waals surface area contributed by atoms with Gasteiger partial charge in [-0.3, -0.25) is 9.78 Å². The van der Waals surface area contributed by atoms with Gasteiger partial charge in [-0.1, -0.05) is 29.5 Å². The van der Waals surface area contributed by atoms with Crippen molar-refractivity contribution >= 4 is 34.2 Å². The van der Waals surface area contributed by atoms with Crippen LogP contribution in [0, 0.1) is 6.92 Å². The lowest BCUT2D eigenvalue weighted by atomic mass is 10.2. The highest BCUT2D eigenvalue weighted by Crippen LogP contribution is 2.22. The molecule has 4 rings (SSSR count). The van der Waals surface area contributed by atoms with Crippen LogP contribution in [0.25, 0.3) is 16.6 Å². The summed E-state index contributed by atoms with van der Waals surface area (Å²) >= 11 is 0. The lowest BCUT2D eigenvalue weighted by Gasteiger charge is -2.09. The van der Waals surface area contributed by atoms with Crippen LogP contribution in [0.2, 0.25) is 0 Å². The van der Waals surface area contributed by atoms with Gasteiger partial charge in [0, 0.05) is 29.5 Å². The number of urea groups is 1. The van der Waals surface area contributed by atoms with Gasteiger partial charge in [-0.2, -0.15) is 0 Å². The average molecular weight is 415 g/mol. The van der Waals surface area contributed by atoms with Gasteiger partial charge in [0.1, 0.15) is 0 Å². The summed E-state index contributed by atoms with van der Waals surface area (Å²) in [5.74, 6) is -0.396. The van der Waals surface area contributed by atoms with E-state index >= 15 is 0 Å². The quantitative estimate of drug-likeness (QED) is 0.461. The maximum atomic E-state index is 12.8. The van der Waals surface area contributed by atoms with Gasteiger partial charge in [-0.15, -0.1) is 5.10 Å². The molecule has 9 nitrogen and oxygen atoms in total. The van der Waals surface area contributed by atoms with E-state index in [4.69, 9.17) is 0 Å². The molecule has 0 radical (unpaired) electrons. The molecule has 0 spiro atoms. The number of carbonyl (C=O) groups is 2. The predicted octanol–water partition coefficient (Wildman–Crippen LogP) is 3.52. The number of benzene rings is 2. The minimum atomic E-state index is -0.396. The number of hydrogen-bond donors (Lipinski definition) is 3. The second-order valence-electron chi connectivity index (χ2n) is 6.81. The lowest BCUT2D eigenvalue weighted by Crippen LogP contribution is -2.28. The van der Waals surface area contributed by atoms with Gasteiger partial charge in [0.15, 0.2) is 5.69 Å². The fourth-order valence-corrected chi connectivity index (χ4v) is 3.23. The highest BCUT2D eigenvalue weighted by molar-refractivity contribution is 6.04. The molecule has 156 valence electrons. The van der Waals surface area contributed by atoms with E-state index in [0.717, 1.165) is 16.6 Å². The molecule has 0 fully saturated rings. The minimum absolute atomic E-state index is 0.204. The van der Waals surface area contributed by atoms with Crippen LogP contribution in [0.1, 0.15) is 23.1 Å². The van der Waals surface area contributed by atoms with E-state index in [2.05, 4.69) is 31.2 Å². The fourth-order valence-electron chi connectivity index (χ4n) is 3.23. The highest BCUT2D eigenvalue weighted by Gasteiger charge is 2.19. The van der Waals surface area contributed by atoms with Crippen molar-refractivity contribution < 1.29 is 9.59 Å². The zero-order chi connectivity index (χ0) is 21.8. The molecular weight excluding hydrogens is 394 g/mol. The first-order chi connectivity index (χ1) is 15.1. The third kappa shape index (κ3) is 4.20. The molecule has 0 aliphatic rings. The zero-order valence-corrected chi connectivity index (χ0v) is 17.1. The van der Waals surface area contributed by atoms with Crippen molar-refractivity contribution in [1.82, 2.24) is 25.3 Å². The third-order valence-corrected chi connectivity index (χ3v) is 4.66. The van der Waals surface area contributed by atoms with Crippen molar-refractivity contribution in [2.45, 2.75) is 13.8 Å². The summed E-state index contributed by atoms with van der Waals surface area (Å²) in [4.78, 5) is 29.0. The Kier molecular flexibility index (Phi) is 5.57. The second-order valence-corrected chi connectivity index (χ2v) is 6.81. The molecule has 0 aliphatic heterocycles. The monoisotopic (exact) mass is 415 g/mol. The summed E-state index contributed by atoms with van der Waals surface area (Å²) in [6.07, 6.45) is 1.72. The Morgan fingerprint density at radius 1 is 1.00 bits per heavy atom. The van der Waals surface area contributed by atoms with Gasteiger partial charge in [-0.25, -0.2) is 9.48 Å². The number of para-hydroxylation sites is 1. The number of aromatic nitrogens is 4. The van der Waals surface area contributed by atoms with E-state index in [1.165, 1.54) is 0 Å². The lowest BCUT2D eigenvalue weighted by molar-refractivity contribution is 0.102. The summed E-state index contributed by atoms with van der Waals surface area (Å²) in [7, 11) is 0. The maximum absolute atomic E-state index is 12.8.